The van der Waals surface area contributed by atoms with Gasteiger partial charge >= 0.3 is 0 Å². The van der Waals surface area contributed by atoms with Crippen LogP contribution in [0.2, 0.25) is 0 Å². The molecular formula is C12H24N4O2. The number of anilines is 1. The zero-order valence-corrected chi connectivity index (χ0v) is 11.6. The molecule has 0 aliphatic carbocycles. The minimum atomic E-state index is -0.536. The zero-order valence-electron chi connectivity index (χ0n) is 11.6. The first kappa shape index (κ1) is 14.9. The van der Waals surface area contributed by atoms with E-state index in [4.69, 9.17) is 5.73 Å². The van der Waals surface area contributed by atoms with E-state index in [2.05, 4.69) is 5.10 Å². The molecule has 0 aliphatic heterocycles. The van der Waals surface area contributed by atoms with E-state index in [9.17, 15) is 10.2 Å². The van der Waals surface area contributed by atoms with E-state index in [1.165, 1.54) is 0 Å². The summed E-state index contributed by atoms with van der Waals surface area (Å²) >= 11 is 0. The number of aliphatic hydroxyl groups is 2. The fraction of sp³-hybridized carbons (Fsp3) is 0.750. The number of aliphatic hydroxyl groups excluding tert-OH is 2. The number of hydrogen-bond donors (Lipinski definition) is 3. The lowest BCUT2D eigenvalue weighted by molar-refractivity contribution is 0.0790. The van der Waals surface area contributed by atoms with Crippen molar-refractivity contribution in [2.75, 3.05) is 25.9 Å². The summed E-state index contributed by atoms with van der Waals surface area (Å²) in [5.41, 5.74) is 8.19. The average Bonchev–Trinajstić information content (AvgIpc) is 2.44. The molecule has 2 atom stereocenters. The predicted octanol–water partition coefficient (Wildman–Crippen LogP) is -0.244. The Kier molecular flexibility index (Phi) is 5.13. The Morgan fingerprint density at radius 1 is 1.33 bits per heavy atom. The van der Waals surface area contributed by atoms with Crippen molar-refractivity contribution in [2.45, 2.75) is 39.5 Å². The molecular weight excluding hydrogens is 232 g/mol. The first-order valence-corrected chi connectivity index (χ1v) is 6.15. The van der Waals surface area contributed by atoms with Crippen LogP contribution in [0.25, 0.3) is 0 Å². The Balaban J connectivity index is 2.54. The Morgan fingerprint density at radius 3 is 2.39 bits per heavy atom. The van der Waals surface area contributed by atoms with Gasteiger partial charge in [0.1, 0.15) is 0 Å². The van der Waals surface area contributed by atoms with Crippen molar-refractivity contribution in [3.63, 3.8) is 0 Å². The summed E-state index contributed by atoms with van der Waals surface area (Å²) in [6, 6.07) is 0. The molecule has 0 fully saturated rings. The topological polar surface area (TPSA) is 87.5 Å². The van der Waals surface area contributed by atoms with Crippen molar-refractivity contribution in [1.82, 2.24) is 14.7 Å². The van der Waals surface area contributed by atoms with Gasteiger partial charge in [0.05, 0.1) is 35.8 Å². The van der Waals surface area contributed by atoms with Gasteiger partial charge in [-0.3, -0.25) is 4.68 Å². The van der Waals surface area contributed by atoms with Crippen molar-refractivity contribution in [3.05, 3.63) is 11.4 Å². The van der Waals surface area contributed by atoms with Crippen molar-refractivity contribution < 1.29 is 10.2 Å². The maximum Gasteiger partial charge on any atom is 0.0862 e. The molecule has 18 heavy (non-hydrogen) atoms. The van der Waals surface area contributed by atoms with Crippen LogP contribution in [-0.2, 0) is 6.54 Å². The largest absolute Gasteiger partial charge is 0.396 e. The number of nitrogens with two attached hydrogens (primary N) is 1. The summed E-state index contributed by atoms with van der Waals surface area (Å²) in [4.78, 5) is 1.89. The number of nitrogens with zero attached hydrogens (tertiary/aromatic N) is 3. The average molecular weight is 256 g/mol. The van der Waals surface area contributed by atoms with E-state index in [1.54, 1.807) is 11.6 Å². The van der Waals surface area contributed by atoms with Crippen molar-refractivity contribution >= 4 is 5.69 Å². The van der Waals surface area contributed by atoms with E-state index in [0.29, 0.717) is 25.3 Å². The molecule has 0 bridgehead atoms. The minimum absolute atomic E-state index is 0.397. The van der Waals surface area contributed by atoms with Crippen LogP contribution in [0.3, 0.4) is 0 Å². The van der Waals surface area contributed by atoms with E-state index in [-0.39, 0.29) is 0 Å². The van der Waals surface area contributed by atoms with Gasteiger partial charge in [-0.1, -0.05) is 0 Å². The summed E-state index contributed by atoms with van der Waals surface area (Å²) < 4.78 is 1.73. The summed E-state index contributed by atoms with van der Waals surface area (Å²) in [5, 5.41) is 23.5. The van der Waals surface area contributed by atoms with Gasteiger partial charge < -0.3 is 20.8 Å². The third-order valence-corrected chi connectivity index (χ3v) is 2.92. The van der Waals surface area contributed by atoms with Crippen LogP contribution in [0, 0.1) is 13.8 Å². The fourth-order valence-corrected chi connectivity index (χ4v) is 2.03. The molecule has 0 spiro atoms. The molecule has 6 nitrogen and oxygen atoms in total. The van der Waals surface area contributed by atoms with Crippen LogP contribution < -0.4 is 5.73 Å². The van der Waals surface area contributed by atoms with Gasteiger partial charge in [-0.05, 0) is 27.8 Å². The third kappa shape index (κ3) is 3.97. The standard InChI is InChI=1S/C12H24N4O2/c1-8(17)5-15(4)6-11(18)7-16-10(3)12(13)9(2)14-16/h8,11,17-18H,5-7,13H2,1-4H3. The molecule has 0 aliphatic rings. The second-order valence-electron chi connectivity index (χ2n) is 4.99. The normalized spacial score (nSPS) is 15.1. The van der Waals surface area contributed by atoms with Crippen LogP contribution in [0.4, 0.5) is 5.69 Å². The molecule has 0 radical (unpaired) electrons. The molecule has 0 amide bonds. The van der Waals surface area contributed by atoms with Crippen LogP contribution in [0.15, 0.2) is 0 Å². The second-order valence-corrected chi connectivity index (χ2v) is 4.99. The highest BCUT2D eigenvalue weighted by atomic mass is 16.3. The van der Waals surface area contributed by atoms with E-state index >= 15 is 0 Å². The highest BCUT2D eigenvalue weighted by molar-refractivity contribution is 5.46. The van der Waals surface area contributed by atoms with Crippen molar-refractivity contribution in [1.29, 1.82) is 0 Å². The van der Waals surface area contributed by atoms with Gasteiger partial charge in [0.25, 0.3) is 0 Å². The number of likely N-dealkylation sites (N-methyl/N-ethyl adjacent to an activating group) is 1. The number of hydrogen-bond acceptors (Lipinski definition) is 5. The van der Waals surface area contributed by atoms with Gasteiger partial charge in [-0.25, -0.2) is 0 Å². The Labute approximate surface area is 108 Å². The van der Waals surface area contributed by atoms with E-state index < -0.39 is 12.2 Å². The molecule has 4 N–H and O–H groups in total. The lowest BCUT2D eigenvalue weighted by atomic mass is 10.3. The minimum Gasteiger partial charge on any atom is -0.396 e. The SMILES string of the molecule is Cc1nn(CC(O)CN(C)CC(C)O)c(C)c1N. The number of nitrogen functional groups attached to an aromatic ring is 1. The monoisotopic (exact) mass is 256 g/mol. The van der Waals surface area contributed by atoms with Crippen LogP contribution in [0.1, 0.15) is 18.3 Å². The summed E-state index contributed by atoms with van der Waals surface area (Å²) in [7, 11) is 1.87. The highest BCUT2D eigenvalue weighted by Gasteiger charge is 2.14. The van der Waals surface area contributed by atoms with E-state index in [1.807, 2.05) is 25.8 Å². The van der Waals surface area contributed by atoms with Gasteiger partial charge in [0.15, 0.2) is 0 Å². The molecule has 0 saturated heterocycles. The van der Waals surface area contributed by atoms with Crippen molar-refractivity contribution in [2.24, 2.45) is 0 Å². The number of aromatic nitrogens is 2. The summed E-state index contributed by atoms with van der Waals surface area (Å²) in [6.07, 6.45) is -0.933. The first-order chi connectivity index (χ1) is 8.31. The summed E-state index contributed by atoms with van der Waals surface area (Å²) in [6.45, 7) is 6.91. The van der Waals surface area contributed by atoms with E-state index in [0.717, 1.165) is 11.4 Å². The Hall–Kier alpha value is -1.11. The van der Waals surface area contributed by atoms with Crippen molar-refractivity contribution in [3.8, 4) is 0 Å². The smallest absolute Gasteiger partial charge is 0.0862 e. The molecule has 1 heterocycles. The quantitative estimate of drug-likeness (QED) is 0.653. The molecule has 1 aromatic rings. The fourth-order valence-electron chi connectivity index (χ4n) is 2.03. The van der Waals surface area contributed by atoms with Crippen LogP contribution in [0.5, 0.6) is 0 Å². The lowest BCUT2D eigenvalue weighted by Gasteiger charge is -2.22. The second kappa shape index (κ2) is 6.17. The maximum atomic E-state index is 9.99. The van der Waals surface area contributed by atoms with Crippen LogP contribution >= 0.6 is 0 Å². The first-order valence-electron chi connectivity index (χ1n) is 6.15. The molecule has 1 rings (SSSR count). The molecule has 1 aromatic heterocycles. The van der Waals surface area contributed by atoms with Gasteiger partial charge in [0.2, 0.25) is 0 Å². The highest BCUT2D eigenvalue weighted by Crippen LogP contribution is 2.15. The van der Waals surface area contributed by atoms with Gasteiger partial charge in [-0.2, -0.15) is 5.10 Å². The molecule has 104 valence electrons. The molecule has 2 unspecified atom stereocenters. The zero-order chi connectivity index (χ0) is 13.9. The molecule has 0 saturated carbocycles. The lowest BCUT2D eigenvalue weighted by Crippen LogP contribution is -2.36. The maximum absolute atomic E-state index is 9.99. The Bertz CT molecular complexity index is 390. The number of rotatable bonds is 6. The molecule has 0 aromatic carbocycles. The third-order valence-electron chi connectivity index (χ3n) is 2.92. The number of aryl methyl sites for hydroxylation is 1. The Morgan fingerprint density at radius 2 is 1.94 bits per heavy atom. The molecule has 6 heteroatoms. The van der Waals surface area contributed by atoms with Gasteiger partial charge in [0, 0.05) is 13.1 Å². The van der Waals surface area contributed by atoms with Gasteiger partial charge in [-0.15, -0.1) is 0 Å². The van der Waals surface area contributed by atoms with Crippen LogP contribution in [-0.4, -0.2) is 57.2 Å². The predicted molar refractivity (Wildman–Crippen MR) is 71.3 cm³/mol. The summed E-state index contributed by atoms with van der Waals surface area (Å²) in [5.74, 6) is 0.